The molecule has 0 unspecified atom stereocenters. The molecule has 1 atom stereocenters. The van der Waals surface area contributed by atoms with Gasteiger partial charge in [0.15, 0.2) is 6.10 Å². The van der Waals surface area contributed by atoms with Gasteiger partial charge in [-0.25, -0.2) is 0 Å². The maximum absolute atomic E-state index is 12.8. The van der Waals surface area contributed by atoms with E-state index in [9.17, 15) is 14.4 Å². The number of esters is 3. The largest absolute Gasteiger partial charge is 0.462 e. The lowest BCUT2D eigenvalue weighted by Gasteiger charge is -2.18. The molecule has 386 valence electrons. The Kier molecular flexibility index (Phi) is 52.8. The number of allylic oxidation sites excluding steroid dienone is 12. The summed E-state index contributed by atoms with van der Waals surface area (Å²) in [7, 11) is 0. The van der Waals surface area contributed by atoms with E-state index in [-0.39, 0.29) is 31.1 Å². The first-order valence-electron chi connectivity index (χ1n) is 28.4. The molecule has 0 aliphatic heterocycles. The highest BCUT2D eigenvalue weighted by atomic mass is 16.6. The van der Waals surface area contributed by atoms with Crippen LogP contribution in [0.3, 0.4) is 0 Å². The third kappa shape index (κ3) is 53.7. The van der Waals surface area contributed by atoms with Gasteiger partial charge in [-0.3, -0.25) is 14.4 Å². The van der Waals surface area contributed by atoms with Gasteiger partial charge >= 0.3 is 17.9 Å². The monoisotopic (exact) mass is 935 g/mol. The van der Waals surface area contributed by atoms with Crippen molar-refractivity contribution in [3.8, 4) is 0 Å². The van der Waals surface area contributed by atoms with Crippen molar-refractivity contribution in [3.05, 3.63) is 72.9 Å². The summed E-state index contributed by atoms with van der Waals surface area (Å²) in [6.45, 7) is 6.50. The van der Waals surface area contributed by atoms with Gasteiger partial charge in [0.2, 0.25) is 0 Å². The van der Waals surface area contributed by atoms with Crippen LogP contribution in [0.2, 0.25) is 0 Å². The number of unbranched alkanes of at least 4 members (excludes halogenated alkanes) is 28. The van der Waals surface area contributed by atoms with Crippen LogP contribution >= 0.6 is 0 Å². The van der Waals surface area contributed by atoms with Crippen LogP contribution in [0.5, 0.6) is 0 Å². The van der Waals surface area contributed by atoms with Crippen LogP contribution < -0.4 is 0 Å². The molecule has 0 bridgehead atoms. The summed E-state index contributed by atoms with van der Waals surface area (Å²) in [6, 6.07) is 0. The topological polar surface area (TPSA) is 78.9 Å². The summed E-state index contributed by atoms with van der Waals surface area (Å²) in [5, 5.41) is 0. The van der Waals surface area contributed by atoms with Gasteiger partial charge in [-0.1, -0.05) is 241 Å². The minimum absolute atomic E-state index is 0.0884. The Morgan fingerprint density at radius 3 is 0.955 bits per heavy atom. The molecule has 0 spiro atoms. The molecule has 67 heavy (non-hydrogen) atoms. The fraction of sp³-hybridized carbons (Fsp3) is 0.754. The second-order valence-corrected chi connectivity index (χ2v) is 18.8. The second kappa shape index (κ2) is 55.4. The quantitative estimate of drug-likeness (QED) is 0.0262. The van der Waals surface area contributed by atoms with Crippen molar-refractivity contribution in [2.24, 2.45) is 0 Å². The number of hydrogen-bond donors (Lipinski definition) is 0. The van der Waals surface area contributed by atoms with Crippen molar-refractivity contribution < 1.29 is 28.6 Å². The minimum atomic E-state index is -0.791. The van der Waals surface area contributed by atoms with Crippen LogP contribution in [-0.4, -0.2) is 37.2 Å². The predicted octanol–water partition coefficient (Wildman–Crippen LogP) is 19.0. The fourth-order valence-electron chi connectivity index (χ4n) is 7.93. The van der Waals surface area contributed by atoms with Gasteiger partial charge in [0.25, 0.3) is 0 Å². The van der Waals surface area contributed by atoms with E-state index in [1.54, 1.807) is 0 Å². The zero-order valence-electron chi connectivity index (χ0n) is 44.2. The molecule has 0 aromatic rings. The Morgan fingerprint density at radius 1 is 0.313 bits per heavy atom. The first kappa shape index (κ1) is 63.8. The number of hydrogen-bond acceptors (Lipinski definition) is 6. The summed E-state index contributed by atoms with van der Waals surface area (Å²) in [6.07, 6.45) is 70.3. The average molecular weight is 936 g/mol. The molecule has 0 rings (SSSR count). The highest BCUT2D eigenvalue weighted by Gasteiger charge is 2.19. The highest BCUT2D eigenvalue weighted by Crippen LogP contribution is 2.16. The van der Waals surface area contributed by atoms with Crippen molar-refractivity contribution in [2.45, 2.75) is 284 Å². The van der Waals surface area contributed by atoms with E-state index < -0.39 is 6.10 Å². The lowest BCUT2D eigenvalue weighted by atomic mass is 10.0. The zero-order chi connectivity index (χ0) is 48.6. The summed E-state index contributed by atoms with van der Waals surface area (Å²) in [5.41, 5.74) is 0. The molecule has 0 amide bonds. The third-order valence-corrected chi connectivity index (χ3v) is 12.2. The summed E-state index contributed by atoms with van der Waals surface area (Å²) in [4.78, 5) is 38.1. The van der Waals surface area contributed by atoms with Crippen molar-refractivity contribution >= 4 is 17.9 Å². The van der Waals surface area contributed by atoms with Crippen molar-refractivity contribution in [2.75, 3.05) is 13.2 Å². The molecule has 0 heterocycles. The molecule has 6 heteroatoms. The molecule has 0 saturated heterocycles. The Hall–Kier alpha value is -3.15. The number of carbonyl (C=O) groups is 3. The Balaban J connectivity index is 4.42. The fourth-order valence-corrected chi connectivity index (χ4v) is 7.93. The van der Waals surface area contributed by atoms with Gasteiger partial charge in [-0.15, -0.1) is 0 Å². The first-order valence-corrected chi connectivity index (χ1v) is 28.4. The van der Waals surface area contributed by atoms with E-state index in [1.165, 1.54) is 135 Å². The van der Waals surface area contributed by atoms with Gasteiger partial charge in [-0.05, 0) is 89.9 Å². The van der Waals surface area contributed by atoms with E-state index in [0.29, 0.717) is 19.3 Å². The normalized spacial score (nSPS) is 12.6. The van der Waals surface area contributed by atoms with E-state index in [4.69, 9.17) is 14.2 Å². The molecular formula is C61H106O6. The van der Waals surface area contributed by atoms with Crippen LogP contribution in [0.1, 0.15) is 278 Å². The van der Waals surface area contributed by atoms with Crippen LogP contribution in [0.4, 0.5) is 0 Å². The van der Waals surface area contributed by atoms with Crippen LogP contribution in [0, 0.1) is 0 Å². The molecule has 0 fully saturated rings. The van der Waals surface area contributed by atoms with E-state index in [2.05, 4.69) is 93.7 Å². The molecule has 0 aliphatic carbocycles. The Morgan fingerprint density at radius 2 is 0.582 bits per heavy atom. The van der Waals surface area contributed by atoms with Gasteiger partial charge < -0.3 is 14.2 Å². The van der Waals surface area contributed by atoms with E-state index in [1.807, 2.05) is 0 Å². The molecule has 0 aromatic carbocycles. The molecule has 0 aromatic heterocycles. The predicted molar refractivity (Wildman–Crippen MR) is 288 cm³/mol. The van der Waals surface area contributed by atoms with E-state index >= 15 is 0 Å². The van der Waals surface area contributed by atoms with Gasteiger partial charge in [0.05, 0.1) is 0 Å². The molecular weight excluding hydrogens is 829 g/mol. The van der Waals surface area contributed by atoms with Gasteiger partial charge in [0.1, 0.15) is 13.2 Å². The molecule has 0 N–H and O–H groups in total. The van der Waals surface area contributed by atoms with Gasteiger partial charge in [0, 0.05) is 19.3 Å². The summed E-state index contributed by atoms with van der Waals surface area (Å²) < 4.78 is 16.8. The highest BCUT2D eigenvalue weighted by molar-refractivity contribution is 5.71. The Bertz CT molecular complexity index is 1260. The smallest absolute Gasteiger partial charge is 0.306 e. The third-order valence-electron chi connectivity index (χ3n) is 12.2. The number of ether oxygens (including phenoxy) is 3. The standard InChI is InChI=1S/C61H106O6/c1-4-7-10-13-16-19-22-25-27-29-30-32-33-36-39-42-45-48-51-54-60(63)66-57-58(56-65-59(62)53-50-47-44-41-38-35-24-21-18-15-12-9-6-3)67-61(64)55-52-49-46-43-40-37-34-31-28-26-23-20-17-14-11-8-5-2/h7,10,16,19,21,24-25,27,30,32,36,39,58H,4-6,8-9,11-15,17-18,20,22-23,26,28-29,31,33-35,37-38,40-57H2,1-3H3/b10-7-,19-16-,24-21-,27-25-,32-30-,39-36-/t58-/m0/s1. The number of rotatable bonds is 51. The van der Waals surface area contributed by atoms with Crippen LogP contribution in [0.15, 0.2) is 72.9 Å². The molecule has 0 radical (unpaired) electrons. The van der Waals surface area contributed by atoms with Crippen molar-refractivity contribution in [3.63, 3.8) is 0 Å². The minimum Gasteiger partial charge on any atom is -0.462 e. The van der Waals surface area contributed by atoms with Crippen molar-refractivity contribution in [1.82, 2.24) is 0 Å². The summed E-state index contributed by atoms with van der Waals surface area (Å²) in [5.74, 6) is -0.920. The maximum Gasteiger partial charge on any atom is 0.306 e. The SMILES string of the molecule is CC/C=C\C/C=C\C/C=C\C/C=C\C/C=C\CCCCCC(=O)OC[C@H](COC(=O)CCCCCCC/C=C\CCCCCC)OC(=O)CCCCCCCCCCCCCCCCCCC. The van der Waals surface area contributed by atoms with Crippen LogP contribution in [-0.2, 0) is 28.6 Å². The van der Waals surface area contributed by atoms with Gasteiger partial charge in [-0.2, -0.15) is 0 Å². The first-order chi connectivity index (χ1) is 33.0. The second-order valence-electron chi connectivity index (χ2n) is 18.8. The Labute approximate surface area is 414 Å². The maximum atomic E-state index is 12.8. The van der Waals surface area contributed by atoms with Crippen molar-refractivity contribution in [1.29, 1.82) is 0 Å². The zero-order valence-corrected chi connectivity index (χ0v) is 44.2. The van der Waals surface area contributed by atoms with Crippen LogP contribution in [0.25, 0.3) is 0 Å². The van der Waals surface area contributed by atoms with E-state index in [0.717, 1.165) is 103 Å². The molecule has 0 aliphatic rings. The summed E-state index contributed by atoms with van der Waals surface area (Å²) >= 11 is 0. The molecule has 0 saturated carbocycles. The molecule has 6 nitrogen and oxygen atoms in total. The number of carbonyl (C=O) groups excluding carboxylic acids is 3. The lowest BCUT2D eigenvalue weighted by Crippen LogP contribution is -2.30. The average Bonchev–Trinajstić information content (AvgIpc) is 3.33. The lowest BCUT2D eigenvalue weighted by molar-refractivity contribution is -0.167.